The Morgan fingerprint density at radius 1 is 1.13 bits per heavy atom. The fraction of sp³-hybridized carbons (Fsp3) is 0.0435. The van der Waals surface area contributed by atoms with Crippen molar-refractivity contribution in [2.75, 3.05) is 0 Å². The third-order valence-electron chi connectivity index (χ3n) is 4.25. The standard InChI is InChI=1S/C23H13Br2FN2O2/c24-17-10-15(9-16(12-27)23-28-20-6-1-2-7-21(20)30-23)22(19(25)11-17)29-13-14-4-3-5-18(26)8-14/h1-11H,13H2/b16-9+. The fourth-order valence-electron chi connectivity index (χ4n) is 2.91. The normalized spacial score (nSPS) is 11.5. The summed E-state index contributed by atoms with van der Waals surface area (Å²) >= 11 is 6.96. The maximum atomic E-state index is 13.5. The maximum absolute atomic E-state index is 13.5. The fourth-order valence-corrected chi connectivity index (χ4v) is 4.28. The molecule has 0 aliphatic heterocycles. The molecule has 0 spiro atoms. The van der Waals surface area contributed by atoms with Crippen molar-refractivity contribution in [2.24, 2.45) is 0 Å². The van der Waals surface area contributed by atoms with Gasteiger partial charge in [0.1, 0.15) is 35.3 Å². The molecule has 0 saturated heterocycles. The highest BCUT2D eigenvalue weighted by molar-refractivity contribution is 9.11. The van der Waals surface area contributed by atoms with Crippen LogP contribution in [0, 0.1) is 17.1 Å². The summed E-state index contributed by atoms with van der Waals surface area (Å²) in [6, 6.07) is 19.3. The second kappa shape index (κ2) is 8.82. The van der Waals surface area contributed by atoms with E-state index in [1.54, 1.807) is 24.3 Å². The van der Waals surface area contributed by atoms with Gasteiger partial charge in [0.05, 0.1) is 4.47 Å². The van der Waals surface area contributed by atoms with Crippen LogP contribution in [0.2, 0.25) is 0 Å². The number of para-hydroxylation sites is 2. The lowest BCUT2D eigenvalue weighted by atomic mass is 10.1. The number of ether oxygens (including phenoxy) is 1. The molecule has 1 heterocycles. The van der Waals surface area contributed by atoms with Crippen LogP contribution in [-0.4, -0.2) is 4.98 Å². The quantitative estimate of drug-likeness (QED) is 0.259. The molecule has 30 heavy (non-hydrogen) atoms. The van der Waals surface area contributed by atoms with Gasteiger partial charge in [-0.15, -0.1) is 0 Å². The van der Waals surface area contributed by atoms with Crippen LogP contribution in [-0.2, 0) is 6.61 Å². The molecule has 0 atom stereocenters. The average molecular weight is 528 g/mol. The third kappa shape index (κ3) is 4.45. The first-order chi connectivity index (χ1) is 14.5. The van der Waals surface area contributed by atoms with Crippen molar-refractivity contribution in [3.8, 4) is 11.8 Å². The molecule has 0 unspecified atom stereocenters. The molecule has 0 aliphatic rings. The highest BCUT2D eigenvalue weighted by Gasteiger charge is 2.15. The Balaban J connectivity index is 1.72. The molecule has 0 bridgehead atoms. The largest absolute Gasteiger partial charge is 0.487 e. The summed E-state index contributed by atoms with van der Waals surface area (Å²) in [5.41, 5.74) is 2.87. The minimum atomic E-state index is -0.325. The van der Waals surface area contributed by atoms with E-state index in [0.29, 0.717) is 32.4 Å². The first-order valence-electron chi connectivity index (χ1n) is 8.87. The van der Waals surface area contributed by atoms with Crippen molar-refractivity contribution in [3.05, 3.63) is 92.4 Å². The predicted octanol–water partition coefficient (Wildman–Crippen LogP) is 7.14. The Kier molecular flexibility index (Phi) is 5.98. The smallest absolute Gasteiger partial charge is 0.238 e. The molecule has 0 radical (unpaired) electrons. The van der Waals surface area contributed by atoms with Gasteiger partial charge < -0.3 is 9.15 Å². The molecule has 4 nitrogen and oxygen atoms in total. The van der Waals surface area contributed by atoms with Crippen molar-refractivity contribution < 1.29 is 13.5 Å². The van der Waals surface area contributed by atoms with E-state index in [9.17, 15) is 9.65 Å². The summed E-state index contributed by atoms with van der Waals surface area (Å²) < 4.78 is 26.6. The number of nitrogens with zero attached hydrogens (tertiary/aromatic N) is 2. The molecule has 0 N–H and O–H groups in total. The lowest BCUT2D eigenvalue weighted by molar-refractivity contribution is 0.303. The van der Waals surface area contributed by atoms with Gasteiger partial charge in [0, 0.05) is 10.0 Å². The summed E-state index contributed by atoms with van der Waals surface area (Å²) in [5.74, 6) is 0.422. The van der Waals surface area contributed by atoms with E-state index >= 15 is 0 Å². The summed E-state index contributed by atoms with van der Waals surface area (Å²) in [4.78, 5) is 4.39. The Labute approximate surface area is 188 Å². The van der Waals surface area contributed by atoms with Gasteiger partial charge in [-0.25, -0.2) is 9.37 Å². The monoisotopic (exact) mass is 526 g/mol. The lowest BCUT2D eigenvalue weighted by Crippen LogP contribution is -1.99. The van der Waals surface area contributed by atoms with Crippen molar-refractivity contribution >= 4 is 54.6 Å². The number of aromatic nitrogens is 1. The van der Waals surface area contributed by atoms with Crippen LogP contribution in [0.3, 0.4) is 0 Å². The first kappa shape index (κ1) is 20.3. The van der Waals surface area contributed by atoms with Crippen LogP contribution >= 0.6 is 31.9 Å². The van der Waals surface area contributed by atoms with E-state index in [-0.39, 0.29) is 23.9 Å². The Morgan fingerprint density at radius 2 is 1.97 bits per heavy atom. The number of benzene rings is 3. The molecule has 0 fully saturated rings. The summed E-state index contributed by atoms with van der Waals surface area (Å²) in [6.45, 7) is 0.170. The van der Waals surface area contributed by atoms with E-state index in [0.717, 1.165) is 4.47 Å². The highest BCUT2D eigenvalue weighted by Crippen LogP contribution is 2.36. The molecule has 1 aromatic heterocycles. The summed E-state index contributed by atoms with van der Waals surface area (Å²) in [5, 5.41) is 9.71. The minimum Gasteiger partial charge on any atom is -0.487 e. The number of hydrogen-bond donors (Lipinski definition) is 0. The number of oxazole rings is 1. The number of rotatable bonds is 5. The predicted molar refractivity (Wildman–Crippen MR) is 120 cm³/mol. The zero-order valence-corrected chi connectivity index (χ0v) is 18.6. The SMILES string of the molecule is N#C/C(=C\c1cc(Br)cc(Br)c1OCc1cccc(F)c1)c1nc2ccccc2o1. The van der Waals surface area contributed by atoms with Gasteiger partial charge >= 0.3 is 0 Å². The minimum absolute atomic E-state index is 0.170. The van der Waals surface area contributed by atoms with Crippen molar-refractivity contribution in [2.45, 2.75) is 6.61 Å². The van der Waals surface area contributed by atoms with Crippen molar-refractivity contribution in [3.63, 3.8) is 0 Å². The molecule has 3 aromatic carbocycles. The topological polar surface area (TPSA) is 59.0 Å². The molecular formula is C23H13Br2FN2O2. The molecule has 4 rings (SSSR count). The van der Waals surface area contributed by atoms with Crippen LogP contribution in [0.4, 0.5) is 4.39 Å². The van der Waals surface area contributed by atoms with Crippen molar-refractivity contribution in [1.82, 2.24) is 4.98 Å². The van der Waals surface area contributed by atoms with E-state index in [4.69, 9.17) is 9.15 Å². The van der Waals surface area contributed by atoms with E-state index in [1.165, 1.54) is 12.1 Å². The molecule has 0 aliphatic carbocycles. The van der Waals surface area contributed by atoms with E-state index < -0.39 is 0 Å². The van der Waals surface area contributed by atoms with Crippen LogP contribution in [0.5, 0.6) is 5.75 Å². The molecule has 0 saturated carbocycles. The summed E-state index contributed by atoms with van der Waals surface area (Å²) in [7, 11) is 0. The third-order valence-corrected chi connectivity index (χ3v) is 5.30. The van der Waals surface area contributed by atoms with Crippen molar-refractivity contribution in [1.29, 1.82) is 5.26 Å². The van der Waals surface area contributed by atoms with Gasteiger partial charge in [-0.1, -0.05) is 40.2 Å². The number of hydrogen-bond acceptors (Lipinski definition) is 4. The number of halogens is 3. The van der Waals surface area contributed by atoms with Gasteiger partial charge in [0.25, 0.3) is 0 Å². The van der Waals surface area contributed by atoms with Crippen LogP contribution < -0.4 is 4.74 Å². The Morgan fingerprint density at radius 3 is 2.73 bits per heavy atom. The Bertz CT molecular complexity index is 1280. The van der Waals surface area contributed by atoms with Gasteiger partial charge in [-0.05, 0) is 64.0 Å². The van der Waals surface area contributed by atoms with E-state index in [1.807, 2.05) is 30.3 Å². The van der Waals surface area contributed by atoms with Gasteiger partial charge in [-0.3, -0.25) is 0 Å². The van der Waals surface area contributed by atoms with Gasteiger partial charge in [0.2, 0.25) is 5.89 Å². The highest BCUT2D eigenvalue weighted by atomic mass is 79.9. The molecule has 0 amide bonds. The summed E-state index contributed by atoms with van der Waals surface area (Å²) in [6.07, 6.45) is 1.65. The first-order valence-corrected chi connectivity index (χ1v) is 10.5. The lowest BCUT2D eigenvalue weighted by Gasteiger charge is -2.12. The zero-order chi connectivity index (χ0) is 21.1. The average Bonchev–Trinajstić information content (AvgIpc) is 3.15. The number of allylic oxidation sites excluding steroid dienone is 1. The van der Waals surface area contributed by atoms with Crippen LogP contribution in [0.1, 0.15) is 17.0 Å². The molecule has 7 heteroatoms. The molecule has 148 valence electrons. The second-order valence-corrected chi connectivity index (χ2v) is 8.15. The number of nitriles is 1. The molecular weight excluding hydrogens is 515 g/mol. The van der Waals surface area contributed by atoms with Gasteiger partial charge in [0.15, 0.2) is 5.58 Å². The van der Waals surface area contributed by atoms with E-state index in [2.05, 4.69) is 42.9 Å². The molecule has 4 aromatic rings. The zero-order valence-electron chi connectivity index (χ0n) is 15.4. The maximum Gasteiger partial charge on any atom is 0.238 e. The van der Waals surface area contributed by atoms with Crippen LogP contribution in [0.15, 0.2) is 74.0 Å². The Hall–Kier alpha value is -2.95. The second-order valence-electron chi connectivity index (χ2n) is 6.38. The number of fused-ring (bicyclic) bond motifs is 1. The van der Waals surface area contributed by atoms with Gasteiger partial charge in [-0.2, -0.15) is 5.26 Å². The van der Waals surface area contributed by atoms with Crippen LogP contribution in [0.25, 0.3) is 22.7 Å².